The number of hydrogen-bond donors (Lipinski definition) is 3. The second kappa shape index (κ2) is 7.08. The van der Waals surface area contributed by atoms with E-state index in [0.29, 0.717) is 5.92 Å². The molecular weight excluding hydrogens is 272 g/mol. The lowest BCUT2D eigenvalue weighted by atomic mass is 10.1. The number of urea groups is 1. The van der Waals surface area contributed by atoms with Crippen LogP contribution in [0.4, 0.5) is 4.79 Å². The summed E-state index contributed by atoms with van der Waals surface area (Å²) in [5.74, 6) is -0.739. The SMILES string of the molecule is COCCC(NC(=O)NC1CC1c1ccccc1)C(=O)O. The molecule has 3 N–H and O–H groups in total. The summed E-state index contributed by atoms with van der Waals surface area (Å²) in [4.78, 5) is 22.9. The van der Waals surface area contributed by atoms with Gasteiger partial charge in [-0.15, -0.1) is 0 Å². The molecule has 0 bridgehead atoms. The molecule has 0 saturated heterocycles. The Balaban J connectivity index is 1.79. The van der Waals surface area contributed by atoms with E-state index in [0.717, 1.165) is 6.42 Å². The number of nitrogens with one attached hydrogen (secondary N) is 2. The Bertz CT molecular complexity index is 492. The van der Waals surface area contributed by atoms with Gasteiger partial charge in [-0.05, 0) is 12.0 Å². The van der Waals surface area contributed by atoms with Crippen molar-refractivity contribution in [3.05, 3.63) is 35.9 Å². The van der Waals surface area contributed by atoms with Gasteiger partial charge in [-0.2, -0.15) is 0 Å². The molecule has 0 heterocycles. The topological polar surface area (TPSA) is 87.7 Å². The van der Waals surface area contributed by atoms with Crippen LogP contribution in [0, 0.1) is 0 Å². The minimum Gasteiger partial charge on any atom is -0.480 e. The third-order valence-electron chi connectivity index (χ3n) is 3.55. The standard InChI is InChI=1S/C15H20N2O4/c1-21-8-7-12(14(18)19)16-15(20)17-13-9-11(13)10-5-3-2-4-6-10/h2-6,11-13H,7-9H2,1H3,(H,18,19)(H2,16,17,20). The average Bonchev–Trinajstić information content (AvgIpc) is 3.23. The summed E-state index contributed by atoms with van der Waals surface area (Å²) < 4.78 is 4.84. The number of amides is 2. The molecular formula is C15H20N2O4. The minimum atomic E-state index is -1.06. The lowest BCUT2D eigenvalue weighted by molar-refractivity contribution is -0.139. The first-order chi connectivity index (χ1) is 10.1. The number of carbonyl (C=O) groups excluding carboxylic acids is 1. The number of carbonyl (C=O) groups is 2. The fourth-order valence-corrected chi connectivity index (χ4v) is 2.28. The molecule has 2 amide bonds. The van der Waals surface area contributed by atoms with Gasteiger partial charge in [0.25, 0.3) is 0 Å². The summed E-state index contributed by atoms with van der Waals surface area (Å²) in [6.45, 7) is 0.285. The van der Waals surface area contributed by atoms with Crippen molar-refractivity contribution < 1.29 is 19.4 Å². The summed E-state index contributed by atoms with van der Waals surface area (Å²) in [6.07, 6.45) is 1.12. The molecule has 0 aliphatic heterocycles. The maximum Gasteiger partial charge on any atom is 0.326 e. The number of ether oxygens (including phenoxy) is 1. The van der Waals surface area contributed by atoms with Gasteiger partial charge in [0.05, 0.1) is 0 Å². The second-order valence-electron chi connectivity index (χ2n) is 5.15. The van der Waals surface area contributed by atoms with E-state index in [1.54, 1.807) is 0 Å². The minimum absolute atomic E-state index is 0.0734. The number of methoxy groups -OCH3 is 1. The molecule has 3 unspecified atom stereocenters. The first kappa shape index (κ1) is 15.3. The van der Waals surface area contributed by atoms with Crippen LogP contribution in [0.15, 0.2) is 30.3 Å². The smallest absolute Gasteiger partial charge is 0.326 e. The van der Waals surface area contributed by atoms with Crippen LogP contribution >= 0.6 is 0 Å². The van der Waals surface area contributed by atoms with Crippen LogP contribution in [-0.4, -0.2) is 42.9 Å². The fraction of sp³-hybridized carbons (Fsp3) is 0.467. The van der Waals surface area contributed by atoms with Gasteiger partial charge in [0.2, 0.25) is 0 Å². The number of carboxylic acids is 1. The zero-order chi connectivity index (χ0) is 15.2. The molecule has 0 aromatic heterocycles. The molecule has 3 atom stereocenters. The van der Waals surface area contributed by atoms with E-state index in [2.05, 4.69) is 10.6 Å². The predicted molar refractivity (Wildman–Crippen MR) is 77.2 cm³/mol. The molecule has 1 fully saturated rings. The molecule has 1 saturated carbocycles. The number of hydrogen-bond acceptors (Lipinski definition) is 3. The molecule has 6 nitrogen and oxygen atoms in total. The van der Waals surface area contributed by atoms with Crippen LogP contribution < -0.4 is 10.6 Å². The van der Waals surface area contributed by atoms with Crippen molar-refractivity contribution in [3.63, 3.8) is 0 Å². The quantitative estimate of drug-likeness (QED) is 0.707. The molecule has 1 aromatic rings. The van der Waals surface area contributed by atoms with Gasteiger partial charge < -0.3 is 20.5 Å². The monoisotopic (exact) mass is 292 g/mol. The lowest BCUT2D eigenvalue weighted by Crippen LogP contribution is -2.47. The third-order valence-corrected chi connectivity index (χ3v) is 3.55. The van der Waals surface area contributed by atoms with Crippen LogP contribution in [-0.2, 0) is 9.53 Å². The molecule has 2 rings (SSSR count). The highest BCUT2D eigenvalue weighted by atomic mass is 16.5. The van der Waals surface area contributed by atoms with Crippen molar-refractivity contribution in [1.82, 2.24) is 10.6 Å². The average molecular weight is 292 g/mol. The third kappa shape index (κ3) is 4.46. The molecule has 1 aromatic carbocycles. The highest BCUT2D eigenvalue weighted by molar-refractivity contribution is 5.82. The fourth-order valence-electron chi connectivity index (χ4n) is 2.28. The number of benzene rings is 1. The van der Waals surface area contributed by atoms with Crippen molar-refractivity contribution in [2.24, 2.45) is 0 Å². The van der Waals surface area contributed by atoms with Crippen molar-refractivity contribution in [2.45, 2.75) is 30.8 Å². The molecule has 1 aliphatic rings. The van der Waals surface area contributed by atoms with Gasteiger partial charge in [0.15, 0.2) is 0 Å². The summed E-state index contributed by atoms with van der Waals surface area (Å²) in [5.41, 5.74) is 1.19. The van der Waals surface area contributed by atoms with Crippen molar-refractivity contribution >= 4 is 12.0 Å². The number of aliphatic carboxylic acids is 1. The Morgan fingerprint density at radius 3 is 2.71 bits per heavy atom. The number of carboxylic acid groups (broad SMARTS) is 1. The van der Waals surface area contributed by atoms with E-state index in [9.17, 15) is 9.59 Å². The van der Waals surface area contributed by atoms with Gasteiger partial charge >= 0.3 is 12.0 Å². The van der Waals surface area contributed by atoms with Gasteiger partial charge in [-0.1, -0.05) is 30.3 Å². The molecule has 114 valence electrons. The van der Waals surface area contributed by atoms with E-state index in [-0.39, 0.29) is 19.1 Å². The maximum absolute atomic E-state index is 11.8. The summed E-state index contributed by atoms with van der Waals surface area (Å²) in [5, 5.41) is 14.3. The lowest BCUT2D eigenvalue weighted by Gasteiger charge is -2.14. The zero-order valence-corrected chi connectivity index (χ0v) is 11.9. The molecule has 0 radical (unpaired) electrons. The Labute approximate surface area is 123 Å². The summed E-state index contributed by atoms with van der Waals surface area (Å²) >= 11 is 0. The van der Waals surface area contributed by atoms with Crippen molar-refractivity contribution in [3.8, 4) is 0 Å². The Kier molecular flexibility index (Phi) is 5.16. The largest absolute Gasteiger partial charge is 0.480 e. The van der Waals surface area contributed by atoms with Crippen LogP contribution in [0.1, 0.15) is 24.3 Å². The van der Waals surface area contributed by atoms with E-state index in [1.165, 1.54) is 12.7 Å². The normalized spacial score (nSPS) is 21.4. The van der Waals surface area contributed by atoms with Crippen LogP contribution in [0.5, 0.6) is 0 Å². The second-order valence-corrected chi connectivity index (χ2v) is 5.15. The van der Waals surface area contributed by atoms with E-state index in [4.69, 9.17) is 9.84 Å². The van der Waals surface area contributed by atoms with Gasteiger partial charge in [0.1, 0.15) is 6.04 Å². The maximum atomic E-state index is 11.8. The molecule has 21 heavy (non-hydrogen) atoms. The first-order valence-corrected chi connectivity index (χ1v) is 6.95. The zero-order valence-electron chi connectivity index (χ0n) is 11.9. The first-order valence-electron chi connectivity index (χ1n) is 6.95. The van der Waals surface area contributed by atoms with E-state index >= 15 is 0 Å². The summed E-state index contributed by atoms with van der Waals surface area (Å²) in [7, 11) is 1.49. The van der Waals surface area contributed by atoms with Crippen molar-refractivity contribution in [2.75, 3.05) is 13.7 Å². The van der Waals surface area contributed by atoms with E-state index < -0.39 is 18.0 Å². The van der Waals surface area contributed by atoms with Gasteiger partial charge in [0, 0.05) is 32.1 Å². The van der Waals surface area contributed by atoms with Crippen LogP contribution in [0.2, 0.25) is 0 Å². The Morgan fingerprint density at radius 1 is 1.38 bits per heavy atom. The van der Waals surface area contributed by atoms with Crippen LogP contribution in [0.3, 0.4) is 0 Å². The molecule has 0 spiro atoms. The Hall–Kier alpha value is -2.08. The highest BCUT2D eigenvalue weighted by Gasteiger charge is 2.39. The molecule has 1 aliphatic carbocycles. The predicted octanol–water partition coefficient (Wildman–Crippen LogP) is 1.33. The number of rotatable bonds is 7. The van der Waals surface area contributed by atoms with Gasteiger partial charge in [-0.25, -0.2) is 9.59 Å². The van der Waals surface area contributed by atoms with Crippen LogP contribution in [0.25, 0.3) is 0 Å². The van der Waals surface area contributed by atoms with Crippen molar-refractivity contribution in [1.29, 1.82) is 0 Å². The van der Waals surface area contributed by atoms with Gasteiger partial charge in [-0.3, -0.25) is 0 Å². The van der Waals surface area contributed by atoms with E-state index in [1.807, 2.05) is 30.3 Å². The Morgan fingerprint density at radius 2 is 2.10 bits per heavy atom. The highest BCUT2D eigenvalue weighted by Crippen LogP contribution is 2.40. The molecule has 6 heteroatoms. The summed E-state index contributed by atoms with van der Waals surface area (Å²) in [6, 6.07) is 8.65.